The van der Waals surface area contributed by atoms with Gasteiger partial charge in [-0.3, -0.25) is 0 Å². The molecule has 0 saturated heterocycles. The Balaban J connectivity index is 1.65. The van der Waals surface area contributed by atoms with Gasteiger partial charge >= 0.3 is 0 Å². The van der Waals surface area contributed by atoms with Gasteiger partial charge in [0.25, 0.3) is 0 Å². The highest BCUT2D eigenvalue weighted by atomic mass is 16.5. The number of allylic oxidation sites excluding steroid dienone is 1. The largest absolute Gasteiger partial charge is 0.365 e. The Morgan fingerprint density at radius 3 is 2.57 bits per heavy atom. The van der Waals surface area contributed by atoms with Gasteiger partial charge in [-0.1, -0.05) is 38.8 Å². The van der Waals surface area contributed by atoms with E-state index < -0.39 is 5.79 Å². The van der Waals surface area contributed by atoms with Gasteiger partial charge in [-0.15, -0.1) is 0 Å². The predicted molar refractivity (Wildman–Crippen MR) is 92.7 cm³/mol. The Bertz CT molecular complexity index is 522. The minimum absolute atomic E-state index is 0.226. The second-order valence-corrected chi connectivity index (χ2v) is 9.65. The van der Waals surface area contributed by atoms with Gasteiger partial charge in [-0.25, -0.2) is 0 Å². The number of hydrogen-bond donors (Lipinski definition) is 2. The molecule has 4 rings (SSSR count). The zero-order valence-corrected chi connectivity index (χ0v) is 15.1. The molecule has 130 valence electrons. The Morgan fingerprint density at radius 2 is 1.83 bits per heavy atom. The highest BCUT2D eigenvalue weighted by Gasteiger charge is 2.58. The summed E-state index contributed by atoms with van der Waals surface area (Å²) in [5.74, 6) is 1.98. The molecule has 6 atom stereocenters. The van der Waals surface area contributed by atoms with E-state index >= 15 is 0 Å². The molecule has 0 radical (unpaired) electrons. The molecule has 0 amide bonds. The fourth-order valence-corrected chi connectivity index (χ4v) is 7.41. The summed E-state index contributed by atoms with van der Waals surface area (Å²) >= 11 is 0. The van der Waals surface area contributed by atoms with Gasteiger partial charge in [-0.2, -0.15) is 0 Å². The number of hydrogen-bond acceptors (Lipinski definition) is 2. The van der Waals surface area contributed by atoms with Crippen LogP contribution in [0.1, 0.15) is 78.6 Å². The highest BCUT2D eigenvalue weighted by molar-refractivity contribution is 5.26. The van der Waals surface area contributed by atoms with Crippen molar-refractivity contribution in [2.75, 3.05) is 0 Å². The van der Waals surface area contributed by atoms with Crippen LogP contribution in [0.3, 0.4) is 0 Å². The van der Waals surface area contributed by atoms with E-state index in [1.807, 2.05) is 0 Å². The summed E-state index contributed by atoms with van der Waals surface area (Å²) in [4.78, 5) is 0. The first-order valence-electron chi connectivity index (χ1n) is 9.94. The van der Waals surface area contributed by atoms with Crippen LogP contribution in [0, 0.1) is 34.5 Å². The molecule has 4 aliphatic rings. The molecule has 2 heteroatoms. The van der Waals surface area contributed by atoms with Crippen molar-refractivity contribution in [1.29, 1.82) is 0 Å². The van der Waals surface area contributed by atoms with E-state index in [2.05, 4.69) is 26.8 Å². The lowest BCUT2D eigenvalue weighted by Gasteiger charge is -2.58. The van der Waals surface area contributed by atoms with Crippen LogP contribution in [0.15, 0.2) is 11.6 Å². The third-order valence-electron chi connectivity index (χ3n) is 8.83. The number of fused-ring (bicyclic) bond motifs is 5. The van der Waals surface area contributed by atoms with Crippen LogP contribution in [0.2, 0.25) is 0 Å². The van der Waals surface area contributed by atoms with Crippen molar-refractivity contribution in [2.45, 2.75) is 84.3 Å². The van der Waals surface area contributed by atoms with Crippen LogP contribution in [-0.2, 0) is 0 Å². The lowest BCUT2D eigenvalue weighted by Crippen LogP contribution is -2.52. The quantitative estimate of drug-likeness (QED) is 0.545. The van der Waals surface area contributed by atoms with Crippen molar-refractivity contribution < 1.29 is 10.2 Å². The first kappa shape index (κ1) is 16.1. The average molecular weight is 319 g/mol. The van der Waals surface area contributed by atoms with Gasteiger partial charge in [-0.05, 0) is 73.0 Å². The molecule has 0 aliphatic heterocycles. The molecule has 0 spiro atoms. The van der Waals surface area contributed by atoms with Gasteiger partial charge in [0, 0.05) is 12.8 Å². The maximum atomic E-state index is 10.1. The lowest BCUT2D eigenvalue weighted by molar-refractivity contribution is -0.188. The summed E-state index contributed by atoms with van der Waals surface area (Å²) in [5.41, 5.74) is 2.15. The van der Waals surface area contributed by atoms with Crippen molar-refractivity contribution in [3.8, 4) is 0 Å². The molecular formula is C21H34O2. The molecule has 0 aromatic carbocycles. The van der Waals surface area contributed by atoms with Gasteiger partial charge in [0.2, 0.25) is 0 Å². The fourth-order valence-electron chi connectivity index (χ4n) is 7.41. The summed E-state index contributed by atoms with van der Waals surface area (Å²) in [6.45, 7) is 7.40. The van der Waals surface area contributed by atoms with Gasteiger partial charge in [0.1, 0.15) is 0 Å². The van der Waals surface area contributed by atoms with E-state index in [4.69, 9.17) is 0 Å². The molecule has 0 unspecified atom stereocenters. The lowest BCUT2D eigenvalue weighted by atomic mass is 9.47. The monoisotopic (exact) mass is 318 g/mol. The van der Waals surface area contributed by atoms with E-state index in [1.54, 1.807) is 0 Å². The van der Waals surface area contributed by atoms with Crippen LogP contribution < -0.4 is 0 Å². The van der Waals surface area contributed by atoms with Crippen LogP contribution in [0.25, 0.3) is 0 Å². The van der Waals surface area contributed by atoms with E-state index in [1.165, 1.54) is 44.1 Å². The van der Waals surface area contributed by atoms with Crippen molar-refractivity contribution >= 4 is 0 Å². The van der Waals surface area contributed by atoms with Gasteiger partial charge in [0.05, 0.1) is 0 Å². The van der Waals surface area contributed by atoms with Crippen LogP contribution >= 0.6 is 0 Å². The topological polar surface area (TPSA) is 40.5 Å². The zero-order chi connectivity index (χ0) is 16.5. The second-order valence-electron chi connectivity index (χ2n) is 9.65. The molecule has 0 heterocycles. The van der Waals surface area contributed by atoms with E-state index in [0.29, 0.717) is 18.3 Å². The Kier molecular flexibility index (Phi) is 3.57. The summed E-state index contributed by atoms with van der Waals surface area (Å²) in [6, 6.07) is 0. The molecule has 3 saturated carbocycles. The van der Waals surface area contributed by atoms with Gasteiger partial charge in [0.15, 0.2) is 5.79 Å². The van der Waals surface area contributed by atoms with Gasteiger partial charge < -0.3 is 10.2 Å². The van der Waals surface area contributed by atoms with E-state index in [-0.39, 0.29) is 5.41 Å². The molecule has 2 N–H and O–H groups in total. The SMILES string of the molecule is CC[C@@H]1CC[C@H]2[C@@H]3CC=C4CC(O)(O)CC[C@]4(C)[C@H]3CC[C@]12C. The third-order valence-corrected chi connectivity index (χ3v) is 8.83. The summed E-state index contributed by atoms with van der Waals surface area (Å²) in [7, 11) is 0. The van der Waals surface area contributed by atoms with E-state index in [0.717, 1.165) is 30.1 Å². The van der Waals surface area contributed by atoms with E-state index in [9.17, 15) is 10.2 Å². The van der Waals surface area contributed by atoms with Crippen LogP contribution in [0.4, 0.5) is 0 Å². The minimum atomic E-state index is -1.46. The maximum Gasteiger partial charge on any atom is 0.166 e. The highest BCUT2D eigenvalue weighted by Crippen LogP contribution is 2.66. The van der Waals surface area contributed by atoms with Crippen molar-refractivity contribution in [2.24, 2.45) is 34.5 Å². The molecule has 23 heavy (non-hydrogen) atoms. The molecule has 0 aromatic heterocycles. The van der Waals surface area contributed by atoms with Crippen molar-refractivity contribution in [3.05, 3.63) is 11.6 Å². The summed E-state index contributed by atoms with van der Waals surface area (Å²) in [5, 5.41) is 20.2. The van der Waals surface area contributed by atoms with Crippen LogP contribution in [-0.4, -0.2) is 16.0 Å². The molecular weight excluding hydrogens is 284 g/mol. The molecule has 4 aliphatic carbocycles. The first-order valence-corrected chi connectivity index (χ1v) is 9.94. The van der Waals surface area contributed by atoms with Crippen LogP contribution in [0.5, 0.6) is 0 Å². The average Bonchev–Trinajstić information content (AvgIpc) is 2.84. The summed E-state index contributed by atoms with van der Waals surface area (Å²) in [6.07, 6.45) is 12.5. The summed E-state index contributed by atoms with van der Waals surface area (Å²) < 4.78 is 0. The molecule has 3 fully saturated rings. The Morgan fingerprint density at radius 1 is 1.04 bits per heavy atom. The normalized spacial score (nSPS) is 51.4. The second kappa shape index (κ2) is 5.08. The molecule has 2 nitrogen and oxygen atoms in total. The molecule has 0 aromatic rings. The smallest absolute Gasteiger partial charge is 0.166 e. The Labute approximate surface area is 141 Å². The Hall–Kier alpha value is -0.340. The molecule has 0 bridgehead atoms. The predicted octanol–water partition coefficient (Wildman–Crippen LogP) is 4.66. The maximum absolute atomic E-state index is 10.1. The fraction of sp³-hybridized carbons (Fsp3) is 0.905. The minimum Gasteiger partial charge on any atom is -0.365 e. The number of aliphatic hydroxyl groups is 2. The third kappa shape index (κ3) is 2.20. The zero-order valence-electron chi connectivity index (χ0n) is 15.1. The standard InChI is InChI=1S/C21H34O2/c1-4-14-6-8-17-16-7-5-15-13-21(22,23)12-11-20(15,3)18(16)9-10-19(14,17)2/h5,14,16-18,22-23H,4,6-13H2,1-3H3/t14-,16+,17+,18+,19-,20+/m1/s1. The number of rotatable bonds is 1. The van der Waals surface area contributed by atoms with Crippen molar-refractivity contribution in [3.63, 3.8) is 0 Å². The van der Waals surface area contributed by atoms with Crippen molar-refractivity contribution in [1.82, 2.24) is 0 Å². The first-order chi connectivity index (χ1) is 10.8.